The number of benzene rings is 3. The summed E-state index contributed by atoms with van der Waals surface area (Å²) in [7, 11) is 2.16. The summed E-state index contributed by atoms with van der Waals surface area (Å²) in [5.41, 5.74) is 2.67. The van der Waals surface area contributed by atoms with Gasteiger partial charge in [0.1, 0.15) is 22.9 Å². The minimum atomic E-state index is -0.474. The monoisotopic (exact) mass is 706 g/mol. The summed E-state index contributed by atoms with van der Waals surface area (Å²) in [6, 6.07) is 22.6. The second-order valence-electron chi connectivity index (χ2n) is 14.5. The van der Waals surface area contributed by atoms with Crippen LogP contribution >= 0.6 is 0 Å². The maximum absolute atomic E-state index is 12.7. The van der Waals surface area contributed by atoms with Gasteiger partial charge in [0.25, 0.3) is 0 Å². The van der Waals surface area contributed by atoms with Crippen molar-refractivity contribution >= 4 is 12.2 Å². The number of nitrogens with zero attached hydrogens (tertiary/aromatic N) is 2. The lowest BCUT2D eigenvalue weighted by Crippen LogP contribution is -2.40. The average Bonchev–Trinajstić information content (AvgIpc) is 3.09. The quantitative estimate of drug-likeness (QED) is 0.136. The third kappa shape index (κ3) is 20.9. The van der Waals surface area contributed by atoms with E-state index in [2.05, 4.69) is 55.3 Å². The minimum absolute atomic E-state index is 0.164. The van der Waals surface area contributed by atoms with E-state index in [0.717, 1.165) is 34.7 Å². The number of hydrogen-bond donors (Lipinski definition) is 2. The lowest BCUT2D eigenvalue weighted by molar-refractivity contribution is 0.0523. The van der Waals surface area contributed by atoms with E-state index in [-0.39, 0.29) is 5.82 Å². The predicted molar refractivity (Wildman–Crippen MR) is 202 cm³/mol. The molecule has 1 aliphatic heterocycles. The Bertz CT molecular complexity index is 1430. The zero-order valence-electron chi connectivity index (χ0n) is 31.8. The Morgan fingerprint density at radius 1 is 0.824 bits per heavy atom. The zero-order chi connectivity index (χ0) is 37.6. The summed E-state index contributed by atoms with van der Waals surface area (Å²) in [6.45, 7) is 19.4. The molecule has 4 rings (SSSR count). The van der Waals surface area contributed by atoms with Crippen molar-refractivity contribution in [1.29, 1.82) is 0 Å². The molecule has 3 aromatic carbocycles. The number of ether oxygens (including phenoxy) is 3. The molecule has 1 heterocycles. The van der Waals surface area contributed by atoms with Gasteiger partial charge in [-0.05, 0) is 119 Å². The zero-order valence-corrected chi connectivity index (χ0v) is 31.8. The highest BCUT2D eigenvalue weighted by molar-refractivity contribution is 5.67. The van der Waals surface area contributed by atoms with Crippen LogP contribution in [-0.4, -0.2) is 62.1 Å². The molecule has 0 aromatic heterocycles. The van der Waals surface area contributed by atoms with Crippen molar-refractivity contribution in [3.8, 4) is 11.5 Å². The first kappa shape index (κ1) is 42.9. The van der Waals surface area contributed by atoms with Crippen LogP contribution in [0.5, 0.6) is 11.5 Å². The van der Waals surface area contributed by atoms with Crippen molar-refractivity contribution in [2.45, 2.75) is 92.6 Å². The largest absolute Gasteiger partial charge is 0.493 e. The molecule has 1 fully saturated rings. The first-order valence-electron chi connectivity index (χ1n) is 17.8. The number of carbonyl (C=O) groups is 1. The Balaban J connectivity index is 0.000000268. The van der Waals surface area contributed by atoms with E-state index >= 15 is 0 Å². The van der Waals surface area contributed by atoms with E-state index in [1.165, 1.54) is 44.1 Å². The average molecular weight is 707 g/mol. The van der Waals surface area contributed by atoms with E-state index < -0.39 is 11.7 Å². The van der Waals surface area contributed by atoms with Crippen LogP contribution < -0.4 is 20.1 Å². The minimum Gasteiger partial charge on any atom is -0.493 e. The number of alkyl carbamates (subject to hydrolysis) is 1. The van der Waals surface area contributed by atoms with E-state index in [1.54, 1.807) is 0 Å². The first-order chi connectivity index (χ1) is 24.2. The molecule has 0 unspecified atom stereocenters. The Morgan fingerprint density at radius 3 is 1.76 bits per heavy atom. The van der Waals surface area contributed by atoms with Gasteiger partial charge in [0, 0.05) is 19.1 Å². The van der Waals surface area contributed by atoms with Crippen molar-refractivity contribution in [2.75, 3.05) is 33.4 Å². The molecule has 10 heteroatoms. The van der Waals surface area contributed by atoms with Crippen molar-refractivity contribution in [3.63, 3.8) is 0 Å². The van der Waals surface area contributed by atoms with Gasteiger partial charge in [-0.2, -0.15) is 0 Å². The number of hydrogen-bond acceptors (Lipinski definition) is 8. The Morgan fingerprint density at radius 2 is 1.29 bits per heavy atom. The molecular formula is C41H59FN4O5. The number of piperidine rings is 1. The summed E-state index contributed by atoms with van der Waals surface area (Å²) in [5.74, 6) is 2.55. The van der Waals surface area contributed by atoms with E-state index in [4.69, 9.17) is 14.2 Å². The van der Waals surface area contributed by atoms with Gasteiger partial charge in [0.15, 0.2) is 0 Å². The SMILES string of the molecule is CC(C)COc1ccc(CN=C=O)cc1.CC(C)COc1ccc(CNC(=O)OC(C)(C)C)cc1.CN1CCC(NCc2ccc(F)cc2)CC1. The number of amides is 1. The van der Waals surface area contributed by atoms with Crippen molar-refractivity contribution in [2.24, 2.45) is 16.8 Å². The molecule has 0 bridgehead atoms. The molecular weight excluding hydrogens is 647 g/mol. The van der Waals surface area contributed by atoms with Crippen LogP contribution in [0.1, 0.15) is 78.0 Å². The van der Waals surface area contributed by atoms with Gasteiger partial charge < -0.3 is 29.7 Å². The van der Waals surface area contributed by atoms with Crippen LogP contribution in [0.4, 0.5) is 9.18 Å². The Hall–Kier alpha value is -4.24. The smallest absolute Gasteiger partial charge is 0.407 e. The molecule has 9 nitrogen and oxygen atoms in total. The molecule has 0 spiro atoms. The first-order valence-corrected chi connectivity index (χ1v) is 17.8. The molecule has 0 radical (unpaired) electrons. The second kappa shape index (κ2) is 23.3. The summed E-state index contributed by atoms with van der Waals surface area (Å²) in [4.78, 5) is 27.3. The van der Waals surface area contributed by atoms with Crippen LogP contribution in [0.3, 0.4) is 0 Å². The molecule has 0 saturated carbocycles. The maximum atomic E-state index is 12.7. The molecule has 51 heavy (non-hydrogen) atoms. The van der Waals surface area contributed by atoms with E-state index in [0.29, 0.717) is 44.2 Å². The lowest BCUT2D eigenvalue weighted by atomic mass is 10.1. The molecule has 1 saturated heterocycles. The van der Waals surface area contributed by atoms with Gasteiger partial charge >= 0.3 is 6.09 Å². The van der Waals surface area contributed by atoms with Gasteiger partial charge in [-0.25, -0.2) is 19.0 Å². The highest BCUT2D eigenvalue weighted by Gasteiger charge is 2.16. The number of carbonyl (C=O) groups excluding carboxylic acids is 2. The molecule has 3 aromatic rings. The number of nitrogens with one attached hydrogen (secondary N) is 2. The van der Waals surface area contributed by atoms with E-state index in [9.17, 15) is 14.0 Å². The molecule has 1 amide bonds. The van der Waals surface area contributed by atoms with Crippen molar-refractivity contribution in [1.82, 2.24) is 15.5 Å². The maximum Gasteiger partial charge on any atom is 0.407 e. The summed E-state index contributed by atoms with van der Waals surface area (Å²) >= 11 is 0. The highest BCUT2D eigenvalue weighted by atomic mass is 19.1. The number of halogens is 1. The number of aliphatic imine (C=N–C) groups is 1. The van der Waals surface area contributed by atoms with Gasteiger partial charge in [-0.1, -0.05) is 64.1 Å². The number of isocyanates is 1. The fourth-order valence-corrected chi connectivity index (χ4v) is 4.61. The summed E-state index contributed by atoms with van der Waals surface area (Å²) in [5, 5.41) is 6.25. The standard InChI is InChI=1S/C16H25NO3.C13H19FN2.C12H15NO2/c1-12(2)11-19-14-8-6-13(7-9-14)10-17-15(18)20-16(3,4)5;1-16-8-6-13(7-9-16)15-10-11-2-4-12(14)5-3-11;1-10(2)8-15-12-5-3-11(4-6-12)7-13-9-14/h6-9,12H,10-11H2,1-5H3,(H,17,18);2-5,13,15H,6-10H2,1H3;3-6,10H,7-8H2,1-2H3. The van der Waals surface area contributed by atoms with Crippen LogP contribution in [0, 0.1) is 17.7 Å². The van der Waals surface area contributed by atoms with Gasteiger partial charge in [0.05, 0.1) is 19.8 Å². The van der Waals surface area contributed by atoms with Gasteiger partial charge in [-0.15, -0.1) is 0 Å². The molecule has 2 N–H and O–H groups in total. The van der Waals surface area contributed by atoms with Crippen LogP contribution in [0.15, 0.2) is 77.8 Å². The fourth-order valence-electron chi connectivity index (χ4n) is 4.61. The fraction of sp³-hybridized carbons (Fsp3) is 0.512. The molecule has 0 atom stereocenters. The normalized spacial score (nSPS) is 13.2. The number of likely N-dealkylation sites (tertiary alicyclic amines) is 1. The third-order valence-electron chi connectivity index (χ3n) is 7.40. The number of rotatable bonds is 13. The van der Waals surface area contributed by atoms with Crippen molar-refractivity contribution in [3.05, 3.63) is 95.3 Å². The predicted octanol–water partition coefficient (Wildman–Crippen LogP) is 8.31. The Labute approximate surface area is 305 Å². The van der Waals surface area contributed by atoms with Crippen LogP contribution in [-0.2, 0) is 29.2 Å². The second-order valence-corrected chi connectivity index (χ2v) is 14.5. The molecule has 0 aliphatic carbocycles. The highest BCUT2D eigenvalue weighted by Crippen LogP contribution is 2.15. The topological polar surface area (TPSA) is 101 Å². The lowest BCUT2D eigenvalue weighted by Gasteiger charge is -2.29. The van der Waals surface area contributed by atoms with Crippen molar-refractivity contribution < 1.29 is 28.2 Å². The molecule has 1 aliphatic rings. The van der Waals surface area contributed by atoms with Gasteiger partial charge in [0.2, 0.25) is 6.08 Å². The molecule has 280 valence electrons. The van der Waals surface area contributed by atoms with Crippen LogP contribution in [0.2, 0.25) is 0 Å². The van der Waals surface area contributed by atoms with Gasteiger partial charge in [-0.3, -0.25) is 0 Å². The van der Waals surface area contributed by atoms with Crippen LogP contribution in [0.25, 0.3) is 0 Å². The Kier molecular flexibility index (Phi) is 19.6. The third-order valence-corrected chi connectivity index (χ3v) is 7.40. The summed E-state index contributed by atoms with van der Waals surface area (Å²) in [6.07, 6.45) is 3.52. The van der Waals surface area contributed by atoms with E-state index in [1.807, 2.05) is 81.4 Å². The summed E-state index contributed by atoms with van der Waals surface area (Å²) < 4.78 is 29.0.